The molecule has 2 amide bonds. The molecular weight excluding hydrogens is 1010 g/mol. The van der Waals surface area contributed by atoms with Crippen LogP contribution in [-0.4, -0.2) is 118 Å². The minimum Gasteiger partial charge on any atom is -0.493 e. The normalized spacial score (nSPS) is 22.7. The van der Waals surface area contributed by atoms with Gasteiger partial charge in [-0.3, -0.25) is 14.4 Å². The van der Waals surface area contributed by atoms with Gasteiger partial charge in [0.05, 0.1) is 26.6 Å². The number of ether oxygens (including phenoxy) is 10. The number of nitrogens with one attached hydrogen (secondary N) is 2. The van der Waals surface area contributed by atoms with Crippen molar-refractivity contribution in [2.24, 2.45) is 11.8 Å². The highest BCUT2D eigenvalue weighted by molar-refractivity contribution is 5.98. The number of benzene rings is 1. The van der Waals surface area contributed by atoms with E-state index in [2.05, 4.69) is 15.6 Å². The van der Waals surface area contributed by atoms with Gasteiger partial charge in [-0.15, -0.1) is 0 Å². The molecular formula is C52H59F2N4O18+. The molecule has 22 nitrogen and oxygen atoms in total. The molecule has 0 spiro atoms. The van der Waals surface area contributed by atoms with Gasteiger partial charge in [-0.2, -0.15) is 4.57 Å². The molecule has 0 radical (unpaired) electrons. The number of carbonyl (C=O) groups is 7. The van der Waals surface area contributed by atoms with Crippen molar-refractivity contribution >= 4 is 41.7 Å². The fraction of sp³-hybridized carbons (Fsp3) is 0.481. The van der Waals surface area contributed by atoms with Gasteiger partial charge in [0, 0.05) is 43.8 Å². The number of rotatable bonds is 18. The highest BCUT2D eigenvalue weighted by atomic mass is 19.1. The summed E-state index contributed by atoms with van der Waals surface area (Å²) >= 11 is 0. The number of cyclic esters (lactones) is 2. The standard InChI is InChI=1S/C52H58F2N4O18/c1-28-44-31(18-22-69-44)9-6-11-37(51(64)74-28)57-49(62)43-47(73-26-70-30(3)59)39(67-5)17-20-58(43)25-41(60)71-27-72-46-38(66-4)16-19-55-42(46)48(61)56-36-12-7-10-33(23-32-14-15-34(53)24-35(32)54)45(29(2)75-50(36)63)76-52(65)40-13-8-21-68-40/h8,13-17,19-21,24,28-29,31,33,36-37,44-45H,6-7,9-12,18,22-23,25-27H2,1-5H3,(H-,56,57,61,62)/p+1. The Morgan fingerprint density at radius 2 is 1.49 bits per heavy atom. The maximum atomic E-state index is 15.0. The van der Waals surface area contributed by atoms with Gasteiger partial charge in [0.25, 0.3) is 5.91 Å². The molecule has 3 fully saturated rings. The molecule has 6 heterocycles. The number of esters is 5. The highest BCUT2D eigenvalue weighted by Gasteiger charge is 2.41. The van der Waals surface area contributed by atoms with Crippen LogP contribution in [0.15, 0.2) is 65.5 Å². The van der Waals surface area contributed by atoms with Crippen LogP contribution < -0.4 is 34.1 Å². The monoisotopic (exact) mass is 1070 g/mol. The van der Waals surface area contributed by atoms with Crippen molar-refractivity contribution in [3.63, 3.8) is 0 Å². The molecule has 8 atom stereocenters. The number of pyridine rings is 2. The predicted molar refractivity (Wildman–Crippen MR) is 253 cm³/mol. The molecule has 1 aromatic carbocycles. The van der Waals surface area contributed by atoms with E-state index in [4.69, 9.17) is 51.8 Å². The molecule has 2 N–H and O–H groups in total. The smallest absolute Gasteiger partial charge is 0.375 e. The minimum absolute atomic E-state index is 0.00389. The zero-order chi connectivity index (χ0) is 54.5. The summed E-state index contributed by atoms with van der Waals surface area (Å²) in [4.78, 5) is 98.2. The number of amides is 2. The van der Waals surface area contributed by atoms with Gasteiger partial charge in [-0.25, -0.2) is 32.9 Å². The molecule has 8 unspecified atom stereocenters. The molecule has 408 valence electrons. The summed E-state index contributed by atoms with van der Waals surface area (Å²) in [7, 11) is 2.58. The van der Waals surface area contributed by atoms with Crippen LogP contribution in [0.1, 0.15) is 103 Å². The minimum atomic E-state index is -1.30. The molecule has 3 aromatic heterocycles. The van der Waals surface area contributed by atoms with E-state index < -0.39 is 115 Å². The summed E-state index contributed by atoms with van der Waals surface area (Å²) < 4.78 is 91.2. The lowest BCUT2D eigenvalue weighted by Gasteiger charge is -2.30. The Kier molecular flexibility index (Phi) is 19.1. The van der Waals surface area contributed by atoms with E-state index in [1.165, 1.54) is 70.1 Å². The number of nitrogens with zero attached hydrogens (tertiary/aromatic N) is 2. The largest absolute Gasteiger partial charge is 0.493 e. The number of hydrogen-bond acceptors (Lipinski definition) is 19. The van der Waals surface area contributed by atoms with Crippen LogP contribution in [0.4, 0.5) is 8.78 Å². The number of hydrogen-bond donors (Lipinski definition) is 2. The highest BCUT2D eigenvalue weighted by Crippen LogP contribution is 2.34. The number of methoxy groups -OCH3 is 2. The Morgan fingerprint density at radius 3 is 2.18 bits per heavy atom. The van der Waals surface area contributed by atoms with Crippen molar-refractivity contribution in [2.45, 2.75) is 115 Å². The second-order valence-electron chi connectivity index (χ2n) is 18.2. The molecule has 7 rings (SSSR count). The van der Waals surface area contributed by atoms with Crippen molar-refractivity contribution in [3.05, 3.63) is 95.5 Å². The molecule has 3 aliphatic rings. The zero-order valence-electron chi connectivity index (χ0n) is 42.4. The van der Waals surface area contributed by atoms with Gasteiger partial charge in [0.2, 0.25) is 31.6 Å². The number of furan rings is 1. The van der Waals surface area contributed by atoms with Crippen LogP contribution in [0.25, 0.3) is 0 Å². The van der Waals surface area contributed by atoms with Crippen LogP contribution in [0.2, 0.25) is 0 Å². The second-order valence-corrected chi connectivity index (χ2v) is 18.2. The molecule has 3 saturated heterocycles. The lowest BCUT2D eigenvalue weighted by atomic mass is 9.86. The summed E-state index contributed by atoms with van der Waals surface area (Å²) in [6.07, 6.45) is 3.45. The fourth-order valence-electron chi connectivity index (χ4n) is 9.39. The van der Waals surface area contributed by atoms with E-state index >= 15 is 0 Å². The maximum absolute atomic E-state index is 15.0. The molecule has 24 heteroatoms. The third-order valence-electron chi connectivity index (χ3n) is 13.1. The summed E-state index contributed by atoms with van der Waals surface area (Å²) in [6, 6.07) is 6.32. The van der Waals surface area contributed by atoms with E-state index in [0.29, 0.717) is 13.0 Å². The van der Waals surface area contributed by atoms with Crippen molar-refractivity contribution < 1.29 is 98.7 Å². The van der Waals surface area contributed by atoms with Crippen LogP contribution in [-0.2, 0) is 60.6 Å². The molecule has 0 saturated carbocycles. The van der Waals surface area contributed by atoms with E-state index in [9.17, 15) is 42.3 Å². The Hall–Kier alpha value is -7.89. The molecule has 3 aliphatic heterocycles. The molecule has 4 aromatic rings. The maximum Gasteiger partial charge on any atom is 0.375 e. The van der Waals surface area contributed by atoms with Crippen molar-refractivity contribution in [1.82, 2.24) is 15.6 Å². The summed E-state index contributed by atoms with van der Waals surface area (Å²) in [6.45, 7) is 2.75. The van der Waals surface area contributed by atoms with Crippen molar-refractivity contribution in [2.75, 3.05) is 34.4 Å². The second kappa shape index (κ2) is 26.1. The first-order chi connectivity index (χ1) is 36.5. The molecule has 76 heavy (non-hydrogen) atoms. The fourth-order valence-corrected chi connectivity index (χ4v) is 9.39. The first-order valence-electron chi connectivity index (χ1n) is 24.6. The van der Waals surface area contributed by atoms with Gasteiger partial charge in [0.1, 0.15) is 42.0 Å². The molecule has 0 aliphatic carbocycles. The number of aromatic nitrogens is 2. The van der Waals surface area contributed by atoms with E-state index in [1.807, 2.05) is 0 Å². The average Bonchev–Trinajstić information content (AvgIpc) is 4.12. The van der Waals surface area contributed by atoms with Crippen LogP contribution in [0, 0.1) is 23.5 Å². The quantitative estimate of drug-likeness (QED) is 0.0594. The first-order valence-corrected chi connectivity index (χ1v) is 24.6. The third kappa shape index (κ3) is 14.1. The Morgan fingerprint density at radius 1 is 0.803 bits per heavy atom. The zero-order valence-corrected chi connectivity index (χ0v) is 42.4. The van der Waals surface area contributed by atoms with Gasteiger partial charge in [0.15, 0.2) is 29.1 Å². The Balaban J connectivity index is 1.05. The Labute approximate surface area is 434 Å². The summed E-state index contributed by atoms with van der Waals surface area (Å²) in [5, 5.41) is 5.33. The lowest BCUT2D eigenvalue weighted by Crippen LogP contribution is -2.50. The first kappa shape index (κ1) is 55.9. The topological polar surface area (TPSA) is 266 Å². The van der Waals surface area contributed by atoms with Gasteiger partial charge in [-0.05, 0) is 82.1 Å². The summed E-state index contributed by atoms with van der Waals surface area (Å²) in [5.41, 5.74) is -0.576. The van der Waals surface area contributed by atoms with E-state index in [1.54, 1.807) is 6.92 Å². The Bertz CT molecular complexity index is 2740. The number of carbonyl (C=O) groups excluding carboxylic acids is 7. The van der Waals surface area contributed by atoms with Crippen molar-refractivity contribution in [1.29, 1.82) is 0 Å². The lowest BCUT2D eigenvalue weighted by molar-refractivity contribution is -0.688. The van der Waals surface area contributed by atoms with E-state index in [-0.39, 0.29) is 84.1 Å². The summed E-state index contributed by atoms with van der Waals surface area (Å²) in [5.74, 6) is -8.70. The van der Waals surface area contributed by atoms with Crippen LogP contribution in [0.3, 0.4) is 0 Å². The SMILES string of the molecule is COc1ccnc(C(=O)NC2CCCC(Cc3ccc(F)cc3F)C(OC(=O)c3ccco3)C(C)OC2=O)c1OCOC(=O)C[n+]1ccc(OC)c(OCOC(C)=O)c1C(=O)NC1CCCC2CCOC2C(C)OC1=O. The predicted octanol–water partition coefficient (Wildman–Crippen LogP) is 4.65. The molecule has 0 bridgehead atoms. The van der Waals surface area contributed by atoms with E-state index in [0.717, 1.165) is 36.5 Å². The average molecular weight is 1070 g/mol. The van der Waals surface area contributed by atoms with Gasteiger partial charge < -0.3 is 62.4 Å². The van der Waals surface area contributed by atoms with Gasteiger partial charge >= 0.3 is 41.4 Å². The number of fused-ring (bicyclic) bond motifs is 1. The third-order valence-corrected chi connectivity index (χ3v) is 13.1. The van der Waals surface area contributed by atoms with Crippen LogP contribution >= 0.6 is 0 Å². The van der Waals surface area contributed by atoms with Crippen LogP contribution in [0.5, 0.6) is 23.0 Å². The number of halogens is 2. The van der Waals surface area contributed by atoms with Gasteiger partial charge in [-0.1, -0.05) is 18.9 Å². The van der Waals surface area contributed by atoms with Crippen molar-refractivity contribution in [3.8, 4) is 23.0 Å².